The van der Waals surface area contributed by atoms with Crippen molar-refractivity contribution in [1.82, 2.24) is 9.55 Å². The third kappa shape index (κ3) is 3.74. The molecule has 21 heavy (non-hydrogen) atoms. The summed E-state index contributed by atoms with van der Waals surface area (Å²) in [7, 11) is 3.38. The molecule has 116 valence electrons. The van der Waals surface area contributed by atoms with Crippen molar-refractivity contribution in [3.05, 3.63) is 29.6 Å². The summed E-state index contributed by atoms with van der Waals surface area (Å²) in [5, 5.41) is 0. The van der Waals surface area contributed by atoms with Crippen LogP contribution in [0.5, 0.6) is 0 Å². The fraction of sp³-hybridized carbons (Fsp3) is 0.500. The molecule has 2 rings (SSSR count). The monoisotopic (exact) mass is 302 g/mol. The molecule has 4 nitrogen and oxygen atoms in total. The fourth-order valence-electron chi connectivity index (χ4n) is 2.06. The molecule has 0 spiro atoms. The third-order valence-electron chi connectivity index (χ3n) is 3.20. The van der Waals surface area contributed by atoms with Gasteiger partial charge >= 0.3 is 6.18 Å². The number of aryl methyl sites for hydroxylation is 1. The Morgan fingerprint density at radius 3 is 2.62 bits per heavy atom. The second-order valence-corrected chi connectivity index (χ2v) is 4.64. The van der Waals surface area contributed by atoms with E-state index in [1.165, 1.54) is 6.07 Å². The number of methoxy groups -OCH3 is 1. The smallest absolute Gasteiger partial charge is 0.382 e. The molecule has 0 atom stereocenters. The lowest BCUT2D eigenvalue weighted by Gasteiger charge is -2.06. The second kappa shape index (κ2) is 6.44. The lowest BCUT2D eigenvalue weighted by molar-refractivity contribution is -0.137. The average molecular weight is 302 g/mol. The number of rotatable bonds is 6. The molecule has 0 radical (unpaired) electrons. The standard InChI is InChI=1S/C14H17F3N2O2/c1-19-12-4-3-10(14(15,16)17)9-11(12)18-13(19)5-6-21-8-7-20-2/h3-4,9H,5-8H2,1-2H3. The first kappa shape index (κ1) is 15.8. The minimum absolute atomic E-state index is 0.346. The highest BCUT2D eigenvalue weighted by atomic mass is 19.4. The van der Waals surface area contributed by atoms with Crippen LogP contribution in [-0.4, -0.2) is 36.5 Å². The zero-order valence-electron chi connectivity index (χ0n) is 11.9. The van der Waals surface area contributed by atoms with Gasteiger partial charge in [0.05, 0.1) is 36.4 Å². The van der Waals surface area contributed by atoms with E-state index in [1.807, 2.05) is 0 Å². The van der Waals surface area contributed by atoms with Gasteiger partial charge in [-0.3, -0.25) is 0 Å². The Labute approximate surface area is 120 Å². The summed E-state index contributed by atoms with van der Waals surface area (Å²) < 4.78 is 50.0. The number of ether oxygens (including phenoxy) is 2. The van der Waals surface area contributed by atoms with Gasteiger partial charge in [-0.25, -0.2) is 4.98 Å². The maximum Gasteiger partial charge on any atom is 0.416 e. The van der Waals surface area contributed by atoms with E-state index in [0.29, 0.717) is 43.1 Å². The van der Waals surface area contributed by atoms with Crippen molar-refractivity contribution >= 4 is 11.0 Å². The lowest BCUT2D eigenvalue weighted by atomic mass is 10.2. The zero-order chi connectivity index (χ0) is 15.5. The Kier molecular flexibility index (Phi) is 4.84. The molecule has 0 aliphatic rings. The fourth-order valence-corrected chi connectivity index (χ4v) is 2.06. The van der Waals surface area contributed by atoms with Gasteiger partial charge in [0.2, 0.25) is 0 Å². The molecule has 1 aromatic heterocycles. The Morgan fingerprint density at radius 1 is 1.19 bits per heavy atom. The summed E-state index contributed by atoms with van der Waals surface area (Å²) in [5.74, 6) is 0.696. The topological polar surface area (TPSA) is 36.3 Å². The van der Waals surface area contributed by atoms with E-state index >= 15 is 0 Å². The van der Waals surface area contributed by atoms with Crippen LogP contribution in [0.3, 0.4) is 0 Å². The molecule has 0 bridgehead atoms. The van der Waals surface area contributed by atoms with E-state index in [1.54, 1.807) is 18.7 Å². The predicted molar refractivity (Wildman–Crippen MR) is 72.1 cm³/mol. The number of imidazole rings is 1. The van der Waals surface area contributed by atoms with Crippen LogP contribution >= 0.6 is 0 Å². The van der Waals surface area contributed by atoms with E-state index in [4.69, 9.17) is 9.47 Å². The molecule has 0 aliphatic carbocycles. The zero-order valence-corrected chi connectivity index (χ0v) is 11.9. The van der Waals surface area contributed by atoms with Crippen LogP contribution in [0.1, 0.15) is 11.4 Å². The molecular weight excluding hydrogens is 285 g/mol. The van der Waals surface area contributed by atoms with Crippen molar-refractivity contribution in [3.63, 3.8) is 0 Å². The molecule has 1 aromatic carbocycles. The molecule has 0 saturated heterocycles. The van der Waals surface area contributed by atoms with Crippen LogP contribution in [0.15, 0.2) is 18.2 Å². The third-order valence-corrected chi connectivity index (χ3v) is 3.20. The van der Waals surface area contributed by atoms with Crippen LogP contribution in [0.25, 0.3) is 11.0 Å². The van der Waals surface area contributed by atoms with Crippen molar-refractivity contribution in [2.24, 2.45) is 7.05 Å². The average Bonchev–Trinajstić information content (AvgIpc) is 2.74. The molecule has 0 unspecified atom stereocenters. The molecule has 0 saturated carbocycles. The minimum Gasteiger partial charge on any atom is -0.382 e. The number of hydrogen-bond acceptors (Lipinski definition) is 3. The highest BCUT2D eigenvalue weighted by molar-refractivity contribution is 5.77. The number of benzene rings is 1. The molecule has 0 fully saturated rings. The Hall–Kier alpha value is -1.60. The predicted octanol–water partition coefficient (Wildman–Crippen LogP) is 2.80. The maximum absolute atomic E-state index is 12.7. The minimum atomic E-state index is -4.35. The van der Waals surface area contributed by atoms with E-state index in [-0.39, 0.29) is 0 Å². The van der Waals surface area contributed by atoms with Gasteiger partial charge in [0, 0.05) is 20.6 Å². The SMILES string of the molecule is COCCOCCc1nc2cc(C(F)(F)F)ccc2n1C. The van der Waals surface area contributed by atoms with Crippen LogP contribution in [0.2, 0.25) is 0 Å². The summed E-state index contributed by atoms with van der Waals surface area (Å²) >= 11 is 0. The van der Waals surface area contributed by atoms with Crippen LogP contribution < -0.4 is 0 Å². The van der Waals surface area contributed by atoms with Gasteiger partial charge in [0.1, 0.15) is 5.82 Å². The molecular formula is C14H17F3N2O2. The first-order chi connectivity index (χ1) is 9.93. The van der Waals surface area contributed by atoms with Gasteiger partial charge in [0.15, 0.2) is 0 Å². The summed E-state index contributed by atoms with van der Waals surface area (Å²) in [6, 6.07) is 3.59. The first-order valence-corrected chi connectivity index (χ1v) is 6.52. The van der Waals surface area contributed by atoms with Crippen molar-refractivity contribution in [2.45, 2.75) is 12.6 Å². The van der Waals surface area contributed by atoms with Crippen molar-refractivity contribution in [3.8, 4) is 0 Å². The van der Waals surface area contributed by atoms with Crippen molar-refractivity contribution < 1.29 is 22.6 Å². The molecule has 2 aromatic rings. The quantitative estimate of drug-likeness (QED) is 0.770. The maximum atomic E-state index is 12.7. The van der Waals surface area contributed by atoms with Crippen LogP contribution in [0, 0.1) is 0 Å². The van der Waals surface area contributed by atoms with E-state index in [9.17, 15) is 13.2 Å². The molecule has 1 heterocycles. The summed E-state index contributed by atoms with van der Waals surface area (Å²) in [5.41, 5.74) is 0.338. The number of fused-ring (bicyclic) bond motifs is 1. The van der Waals surface area contributed by atoms with Gasteiger partial charge in [-0.1, -0.05) is 0 Å². The van der Waals surface area contributed by atoms with Crippen molar-refractivity contribution in [2.75, 3.05) is 26.9 Å². The molecule has 0 aliphatic heterocycles. The van der Waals surface area contributed by atoms with E-state index < -0.39 is 11.7 Å². The Bertz CT molecular complexity index is 608. The molecule has 0 amide bonds. The largest absolute Gasteiger partial charge is 0.416 e. The first-order valence-electron chi connectivity index (χ1n) is 6.52. The number of nitrogens with zero attached hydrogens (tertiary/aromatic N) is 2. The number of hydrogen-bond donors (Lipinski definition) is 0. The highest BCUT2D eigenvalue weighted by Crippen LogP contribution is 2.31. The van der Waals surface area contributed by atoms with Gasteiger partial charge in [-0.2, -0.15) is 13.2 Å². The Morgan fingerprint density at radius 2 is 1.95 bits per heavy atom. The van der Waals surface area contributed by atoms with Crippen molar-refractivity contribution in [1.29, 1.82) is 0 Å². The molecule has 7 heteroatoms. The normalized spacial score (nSPS) is 12.2. The number of halogens is 3. The summed E-state index contributed by atoms with van der Waals surface area (Å²) in [6.45, 7) is 1.45. The van der Waals surface area contributed by atoms with Gasteiger partial charge in [-0.05, 0) is 18.2 Å². The van der Waals surface area contributed by atoms with Gasteiger partial charge < -0.3 is 14.0 Å². The Balaban J connectivity index is 2.13. The van der Waals surface area contributed by atoms with Gasteiger partial charge in [0.25, 0.3) is 0 Å². The van der Waals surface area contributed by atoms with Crippen LogP contribution in [0.4, 0.5) is 13.2 Å². The summed E-state index contributed by atoms with van der Waals surface area (Å²) in [6.07, 6.45) is -3.81. The van der Waals surface area contributed by atoms with E-state index in [2.05, 4.69) is 4.98 Å². The van der Waals surface area contributed by atoms with Gasteiger partial charge in [-0.15, -0.1) is 0 Å². The number of aromatic nitrogens is 2. The second-order valence-electron chi connectivity index (χ2n) is 4.64. The lowest BCUT2D eigenvalue weighted by Crippen LogP contribution is -2.07. The summed E-state index contributed by atoms with van der Waals surface area (Å²) in [4.78, 5) is 4.26. The highest BCUT2D eigenvalue weighted by Gasteiger charge is 2.30. The van der Waals surface area contributed by atoms with E-state index in [0.717, 1.165) is 12.1 Å². The molecule has 0 N–H and O–H groups in total. The number of alkyl halides is 3. The van der Waals surface area contributed by atoms with Crippen LogP contribution in [-0.2, 0) is 29.1 Å².